The summed E-state index contributed by atoms with van der Waals surface area (Å²) in [6.45, 7) is 14.8. The van der Waals surface area contributed by atoms with Crippen molar-refractivity contribution in [1.82, 2.24) is 4.90 Å². The first kappa shape index (κ1) is 25.2. The molecule has 0 radical (unpaired) electrons. The van der Waals surface area contributed by atoms with Gasteiger partial charge in [0.25, 0.3) is 0 Å². The van der Waals surface area contributed by atoms with Gasteiger partial charge >= 0.3 is 5.97 Å². The number of piperidine rings is 1. The van der Waals surface area contributed by atoms with Crippen LogP contribution in [0, 0.1) is 12.8 Å². The van der Waals surface area contributed by atoms with E-state index < -0.39 is 8.07 Å². The van der Waals surface area contributed by atoms with Gasteiger partial charge in [-0.3, -0.25) is 9.69 Å². The molecule has 1 aliphatic heterocycles. The van der Waals surface area contributed by atoms with E-state index in [1.54, 1.807) is 0 Å². The van der Waals surface area contributed by atoms with Gasteiger partial charge in [-0.15, -0.1) is 0 Å². The Bertz CT molecular complexity index is 983. The molecular formula is C29H43NO3Si. The van der Waals surface area contributed by atoms with E-state index in [-0.39, 0.29) is 11.9 Å². The summed E-state index contributed by atoms with van der Waals surface area (Å²) in [4.78, 5) is 14.7. The minimum absolute atomic E-state index is 0.0270. The fraction of sp³-hybridized carbons (Fsp3) is 0.621. The second-order valence-corrected chi connectivity index (χ2v) is 17.0. The Hall–Kier alpha value is -1.85. The fourth-order valence-corrected chi connectivity index (χ4v) is 7.95. The third-order valence-corrected chi connectivity index (χ3v) is 11.1. The summed E-state index contributed by atoms with van der Waals surface area (Å²) in [6.07, 6.45) is 7.03. The highest BCUT2D eigenvalue weighted by Gasteiger charge is 2.32. The number of nitrogens with zero attached hydrogens (tertiary/aromatic N) is 1. The summed E-state index contributed by atoms with van der Waals surface area (Å²) in [6, 6.07) is 11.0. The maximum absolute atomic E-state index is 12.2. The molecule has 1 heterocycles. The fourth-order valence-electron chi connectivity index (χ4n) is 5.89. The summed E-state index contributed by atoms with van der Waals surface area (Å²) in [5.41, 5.74) is 3.51. The lowest BCUT2D eigenvalue weighted by Gasteiger charge is -2.36. The molecule has 0 amide bonds. The van der Waals surface area contributed by atoms with Crippen LogP contribution < -0.4 is 4.74 Å². The number of esters is 1. The predicted molar refractivity (Wildman–Crippen MR) is 143 cm³/mol. The first-order valence-corrected chi connectivity index (χ1v) is 16.9. The van der Waals surface area contributed by atoms with Crippen LogP contribution in [0.25, 0.3) is 10.8 Å². The predicted octanol–water partition coefficient (Wildman–Crippen LogP) is 6.95. The van der Waals surface area contributed by atoms with Crippen molar-refractivity contribution < 1.29 is 14.3 Å². The summed E-state index contributed by atoms with van der Waals surface area (Å²) >= 11 is 0. The molecule has 1 saturated carbocycles. The van der Waals surface area contributed by atoms with Gasteiger partial charge < -0.3 is 9.47 Å². The number of carbonyl (C=O) groups excluding carboxylic acids is 1. The molecule has 2 aromatic rings. The van der Waals surface area contributed by atoms with Crippen LogP contribution in [-0.2, 0) is 16.1 Å². The molecule has 0 N–H and O–H groups in total. The molecule has 186 valence electrons. The second-order valence-electron chi connectivity index (χ2n) is 11.5. The highest BCUT2D eigenvalue weighted by atomic mass is 28.3. The van der Waals surface area contributed by atoms with Crippen LogP contribution in [0.2, 0.25) is 25.2 Å². The molecule has 1 saturated heterocycles. The number of hydrogen-bond donors (Lipinski definition) is 0. The van der Waals surface area contributed by atoms with E-state index in [1.807, 2.05) is 6.92 Å². The first-order valence-electron chi connectivity index (χ1n) is 13.3. The topological polar surface area (TPSA) is 38.8 Å². The molecular weight excluding hydrogens is 438 g/mol. The van der Waals surface area contributed by atoms with Gasteiger partial charge in [0.15, 0.2) is 0 Å². The van der Waals surface area contributed by atoms with Gasteiger partial charge in [-0.25, -0.2) is 0 Å². The molecule has 4 rings (SSSR count). The van der Waals surface area contributed by atoms with E-state index in [0.717, 1.165) is 43.8 Å². The third-order valence-electron chi connectivity index (χ3n) is 8.10. The highest BCUT2D eigenvalue weighted by Crippen LogP contribution is 2.40. The van der Waals surface area contributed by atoms with Crippen LogP contribution in [-0.4, -0.2) is 44.7 Å². The van der Waals surface area contributed by atoms with Gasteiger partial charge in [-0.2, -0.15) is 0 Å². The Kier molecular flexibility index (Phi) is 8.03. The maximum Gasteiger partial charge on any atom is 0.309 e. The van der Waals surface area contributed by atoms with Gasteiger partial charge in [0.2, 0.25) is 0 Å². The minimum Gasteiger partial charge on any atom is -0.490 e. The van der Waals surface area contributed by atoms with E-state index in [0.29, 0.717) is 12.7 Å². The Morgan fingerprint density at radius 1 is 1.00 bits per heavy atom. The van der Waals surface area contributed by atoms with Crippen molar-refractivity contribution in [2.24, 2.45) is 5.92 Å². The van der Waals surface area contributed by atoms with Crippen molar-refractivity contribution in [2.45, 2.75) is 90.2 Å². The van der Waals surface area contributed by atoms with E-state index in [1.165, 1.54) is 47.6 Å². The standard InChI is InChI=1S/C29H43NO3Si/c1-6-32-29(31)22-15-17-30(18-16-22)20-27-26-10-8-7-9-25(26)21(2)19-28(27)33-23-11-13-24(14-12-23)34(3,4)5/h7-10,19,22-24H,6,11-18,20H2,1-5H3/t23-,24+. The smallest absolute Gasteiger partial charge is 0.309 e. The first-order chi connectivity index (χ1) is 16.3. The quantitative estimate of drug-likeness (QED) is 0.317. The van der Waals surface area contributed by atoms with Crippen molar-refractivity contribution in [3.8, 4) is 5.75 Å². The number of aryl methyl sites for hydroxylation is 1. The van der Waals surface area contributed by atoms with E-state index in [2.05, 4.69) is 61.8 Å². The van der Waals surface area contributed by atoms with Crippen molar-refractivity contribution in [2.75, 3.05) is 19.7 Å². The number of benzene rings is 2. The number of carbonyl (C=O) groups is 1. The zero-order valence-corrected chi connectivity index (χ0v) is 22.9. The summed E-state index contributed by atoms with van der Waals surface area (Å²) in [5.74, 6) is 1.09. The van der Waals surface area contributed by atoms with Crippen LogP contribution >= 0.6 is 0 Å². The van der Waals surface area contributed by atoms with Gasteiger partial charge in [-0.05, 0) is 93.4 Å². The molecule has 4 nitrogen and oxygen atoms in total. The average molecular weight is 482 g/mol. The summed E-state index contributed by atoms with van der Waals surface area (Å²) in [7, 11) is -1.08. The number of fused-ring (bicyclic) bond motifs is 1. The monoisotopic (exact) mass is 481 g/mol. The SMILES string of the molecule is CCOC(=O)C1CCN(Cc2c(O[C@H]3CC[C@@H]([Si](C)(C)C)CC3)cc(C)c3ccccc23)CC1. The summed E-state index contributed by atoms with van der Waals surface area (Å²) in [5, 5.41) is 2.62. The number of ether oxygens (including phenoxy) is 2. The average Bonchev–Trinajstić information content (AvgIpc) is 2.82. The molecule has 5 heteroatoms. The zero-order valence-electron chi connectivity index (χ0n) is 21.9. The van der Waals surface area contributed by atoms with Crippen molar-refractivity contribution in [3.05, 3.63) is 41.5 Å². The Labute approximate surface area is 207 Å². The maximum atomic E-state index is 12.2. The molecule has 2 aromatic carbocycles. The lowest BCUT2D eigenvalue weighted by Crippen LogP contribution is -2.37. The normalized spacial score (nSPS) is 22.6. The molecule has 2 fully saturated rings. The largest absolute Gasteiger partial charge is 0.490 e. The highest BCUT2D eigenvalue weighted by molar-refractivity contribution is 6.77. The molecule has 1 aliphatic carbocycles. The van der Waals surface area contributed by atoms with Crippen LogP contribution in [0.5, 0.6) is 5.75 Å². The Morgan fingerprint density at radius 2 is 1.65 bits per heavy atom. The minimum atomic E-state index is -1.08. The molecule has 2 aliphatic rings. The van der Waals surface area contributed by atoms with Crippen molar-refractivity contribution in [1.29, 1.82) is 0 Å². The van der Waals surface area contributed by atoms with Gasteiger partial charge in [0.05, 0.1) is 18.6 Å². The summed E-state index contributed by atoms with van der Waals surface area (Å²) < 4.78 is 12.0. The van der Waals surface area contributed by atoms with Crippen molar-refractivity contribution in [3.63, 3.8) is 0 Å². The zero-order chi connectivity index (χ0) is 24.3. The molecule has 34 heavy (non-hydrogen) atoms. The van der Waals surface area contributed by atoms with Crippen LogP contribution in [0.3, 0.4) is 0 Å². The molecule has 0 aromatic heterocycles. The lowest BCUT2D eigenvalue weighted by molar-refractivity contribution is -0.149. The number of hydrogen-bond acceptors (Lipinski definition) is 4. The van der Waals surface area contributed by atoms with Crippen LogP contribution in [0.1, 0.15) is 56.6 Å². The van der Waals surface area contributed by atoms with Crippen LogP contribution in [0.4, 0.5) is 0 Å². The van der Waals surface area contributed by atoms with Gasteiger partial charge in [-0.1, -0.05) is 43.9 Å². The Balaban J connectivity index is 1.51. The van der Waals surface area contributed by atoms with E-state index >= 15 is 0 Å². The van der Waals surface area contributed by atoms with Gasteiger partial charge in [0.1, 0.15) is 5.75 Å². The Morgan fingerprint density at radius 3 is 2.26 bits per heavy atom. The molecule has 0 unspecified atom stereocenters. The number of likely N-dealkylation sites (tertiary alicyclic amines) is 1. The lowest BCUT2D eigenvalue weighted by atomic mass is 9.94. The molecule has 0 bridgehead atoms. The second kappa shape index (κ2) is 10.8. The molecule has 0 spiro atoms. The van der Waals surface area contributed by atoms with Crippen LogP contribution in [0.15, 0.2) is 30.3 Å². The molecule has 0 atom stereocenters. The van der Waals surface area contributed by atoms with E-state index in [9.17, 15) is 4.79 Å². The number of rotatable bonds is 7. The third kappa shape index (κ3) is 5.85. The van der Waals surface area contributed by atoms with Gasteiger partial charge in [0, 0.05) is 20.2 Å². The van der Waals surface area contributed by atoms with Crippen molar-refractivity contribution >= 4 is 24.8 Å². The van der Waals surface area contributed by atoms with E-state index in [4.69, 9.17) is 9.47 Å².